The van der Waals surface area contributed by atoms with Gasteiger partial charge < -0.3 is 24.1 Å². The fourth-order valence-corrected chi connectivity index (χ4v) is 4.40. The molecule has 0 atom stereocenters. The average Bonchev–Trinajstić information content (AvgIpc) is 2.82. The Morgan fingerprint density at radius 2 is 1.81 bits per heavy atom. The van der Waals surface area contributed by atoms with E-state index in [2.05, 4.69) is 16.8 Å². The van der Waals surface area contributed by atoms with Crippen molar-refractivity contribution >= 4 is 16.7 Å². The Morgan fingerprint density at radius 1 is 1.06 bits per heavy atom. The molecule has 6 nitrogen and oxygen atoms in total. The maximum absolute atomic E-state index is 12.6. The second kappa shape index (κ2) is 10.1. The van der Waals surface area contributed by atoms with Crippen LogP contribution in [-0.4, -0.2) is 50.3 Å². The van der Waals surface area contributed by atoms with Crippen molar-refractivity contribution in [3.05, 3.63) is 52.7 Å². The molecule has 1 aliphatic rings. The highest BCUT2D eigenvalue weighted by molar-refractivity contribution is 5.86. The van der Waals surface area contributed by atoms with Crippen LogP contribution in [0.15, 0.2) is 51.7 Å². The lowest BCUT2D eigenvalue weighted by Crippen LogP contribution is -2.31. The molecule has 0 bridgehead atoms. The van der Waals surface area contributed by atoms with E-state index in [9.17, 15) is 9.90 Å². The molecule has 32 heavy (non-hydrogen) atoms. The van der Waals surface area contributed by atoms with Gasteiger partial charge in [0.2, 0.25) is 5.75 Å². The monoisotopic (exact) mass is 436 g/mol. The predicted octanol–water partition coefficient (Wildman–Crippen LogP) is 4.88. The number of nitrogens with zero attached hydrogens (tertiary/aromatic N) is 2. The number of likely N-dealkylation sites (tertiary alicyclic amines) is 1. The Labute approximate surface area is 189 Å². The van der Waals surface area contributed by atoms with Crippen LogP contribution in [-0.2, 0) is 0 Å². The van der Waals surface area contributed by atoms with Crippen LogP contribution in [0.2, 0.25) is 0 Å². The highest BCUT2D eigenvalue weighted by atomic mass is 16.5. The molecule has 170 valence electrons. The van der Waals surface area contributed by atoms with Gasteiger partial charge in [-0.1, -0.05) is 6.42 Å². The second-order valence-electron chi connectivity index (χ2n) is 8.55. The number of phenolic OH excluding ortho intramolecular Hbond substituents is 1. The summed E-state index contributed by atoms with van der Waals surface area (Å²) in [5, 5.41) is 10.4. The minimum atomic E-state index is -0.172. The molecule has 0 saturated carbocycles. The number of phenols is 1. The molecule has 2 heterocycles. The third-order valence-electron chi connectivity index (χ3n) is 6.29. The Balaban J connectivity index is 1.42. The summed E-state index contributed by atoms with van der Waals surface area (Å²) in [7, 11) is 3.55. The number of hydrogen-bond donors (Lipinski definition) is 1. The van der Waals surface area contributed by atoms with Gasteiger partial charge in [0, 0.05) is 30.9 Å². The van der Waals surface area contributed by atoms with Gasteiger partial charge in [0.1, 0.15) is 5.76 Å². The Bertz CT molecular complexity index is 1100. The van der Waals surface area contributed by atoms with Crippen molar-refractivity contribution in [2.75, 3.05) is 45.2 Å². The van der Waals surface area contributed by atoms with Gasteiger partial charge in [-0.25, -0.2) is 0 Å². The SMILES string of the molecule is COc1c(O)ccc2c(=O)cc(-c3ccc(N(C)CCCCN4CCCCC4)cc3)oc12. The van der Waals surface area contributed by atoms with Gasteiger partial charge >= 0.3 is 0 Å². The van der Waals surface area contributed by atoms with Crippen LogP contribution in [0.4, 0.5) is 5.69 Å². The largest absolute Gasteiger partial charge is 0.504 e. The Kier molecular flexibility index (Phi) is 7.00. The lowest BCUT2D eigenvalue weighted by Gasteiger charge is -2.27. The van der Waals surface area contributed by atoms with E-state index in [1.54, 1.807) is 6.07 Å². The van der Waals surface area contributed by atoms with Crippen molar-refractivity contribution in [3.63, 3.8) is 0 Å². The summed E-state index contributed by atoms with van der Waals surface area (Å²) in [4.78, 5) is 17.4. The molecule has 1 aliphatic heterocycles. The minimum absolute atomic E-state index is 0.0578. The number of methoxy groups -OCH3 is 1. The maximum Gasteiger partial charge on any atom is 0.204 e. The van der Waals surface area contributed by atoms with Gasteiger partial charge in [-0.3, -0.25) is 4.79 Å². The van der Waals surface area contributed by atoms with Crippen molar-refractivity contribution in [1.29, 1.82) is 0 Å². The highest BCUT2D eigenvalue weighted by Crippen LogP contribution is 2.35. The normalized spacial score (nSPS) is 14.6. The van der Waals surface area contributed by atoms with Gasteiger partial charge in [-0.2, -0.15) is 0 Å². The summed E-state index contributed by atoms with van der Waals surface area (Å²) >= 11 is 0. The van der Waals surface area contributed by atoms with Crippen LogP contribution in [0.5, 0.6) is 11.5 Å². The zero-order valence-corrected chi connectivity index (χ0v) is 19.0. The molecule has 0 unspecified atom stereocenters. The molecule has 0 amide bonds. The molecule has 4 rings (SSSR count). The molecule has 1 fully saturated rings. The van der Waals surface area contributed by atoms with Crippen LogP contribution in [0.1, 0.15) is 32.1 Å². The molecule has 1 N–H and O–H groups in total. The third kappa shape index (κ3) is 4.91. The first kappa shape index (κ1) is 22.2. The molecule has 0 spiro atoms. The van der Waals surface area contributed by atoms with Crippen molar-refractivity contribution in [3.8, 4) is 22.8 Å². The predicted molar refractivity (Wildman–Crippen MR) is 129 cm³/mol. The highest BCUT2D eigenvalue weighted by Gasteiger charge is 2.15. The molecule has 1 saturated heterocycles. The summed E-state index contributed by atoms with van der Waals surface area (Å²) in [6.07, 6.45) is 6.46. The summed E-state index contributed by atoms with van der Waals surface area (Å²) in [5.41, 5.74) is 2.01. The van der Waals surface area contributed by atoms with Gasteiger partial charge in [0.25, 0.3) is 0 Å². The summed E-state index contributed by atoms with van der Waals surface area (Å²) in [6, 6.07) is 12.5. The smallest absolute Gasteiger partial charge is 0.204 e. The van der Waals surface area contributed by atoms with E-state index in [1.807, 2.05) is 24.3 Å². The fourth-order valence-electron chi connectivity index (χ4n) is 4.40. The van der Waals surface area contributed by atoms with E-state index in [0.717, 1.165) is 24.2 Å². The molecule has 3 aromatic rings. The lowest BCUT2D eigenvalue weighted by molar-refractivity contribution is 0.225. The number of rotatable bonds is 8. The fraction of sp³-hybridized carbons (Fsp3) is 0.423. The van der Waals surface area contributed by atoms with Crippen molar-refractivity contribution in [2.24, 2.45) is 0 Å². The van der Waals surface area contributed by atoms with E-state index in [0.29, 0.717) is 11.1 Å². The first-order chi connectivity index (χ1) is 15.6. The molecule has 0 radical (unpaired) electrons. The van der Waals surface area contributed by atoms with E-state index < -0.39 is 0 Å². The summed E-state index contributed by atoms with van der Waals surface area (Å²) < 4.78 is 11.2. The maximum atomic E-state index is 12.6. The quantitative estimate of drug-likeness (QED) is 0.508. The third-order valence-corrected chi connectivity index (χ3v) is 6.29. The van der Waals surface area contributed by atoms with Crippen LogP contribution < -0.4 is 15.1 Å². The minimum Gasteiger partial charge on any atom is -0.504 e. The number of aromatic hydroxyl groups is 1. The Hall–Kier alpha value is -2.99. The van der Waals surface area contributed by atoms with Gasteiger partial charge in [-0.15, -0.1) is 0 Å². The number of ether oxygens (including phenoxy) is 1. The number of fused-ring (bicyclic) bond motifs is 1. The van der Waals surface area contributed by atoms with Crippen molar-refractivity contribution in [1.82, 2.24) is 4.90 Å². The number of benzene rings is 2. The summed E-state index contributed by atoms with van der Waals surface area (Å²) in [5.74, 6) is 0.557. The second-order valence-corrected chi connectivity index (χ2v) is 8.55. The molecule has 0 aliphatic carbocycles. The molecule has 1 aromatic heterocycles. The standard InChI is InChI=1S/C26H32N2O4/c1-27(14-6-7-17-28-15-4-3-5-16-28)20-10-8-19(9-11-20)24-18-23(30)21-12-13-22(29)26(31-2)25(21)32-24/h8-13,18,29H,3-7,14-17H2,1-2H3. The molecular formula is C26H32N2O4. The Morgan fingerprint density at radius 3 is 2.53 bits per heavy atom. The molecular weight excluding hydrogens is 404 g/mol. The summed E-state index contributed by atoms with van der Waals surface area (Å²) in [6.45, 7) is 4.73. The van der Waals surface area contributed by atoms with E-state index in [4.69, 9.17) is 9.15 Å². The topological polar surface area (TPSA) is 66.2 Å². The van der Waals surface area contributed by atoms with Crippen molar-refractivity contribution in [2.45, 2.75) is 32.1 Å². The van der Waals surface area contributed by atoms with Gasteiger partial charge in [0.15, 0.2) is 16.8 Å². The van der Waals surface area contributed by atoms with Gasteiger partial charge in [0.05, 0.1) is 12.5 Å². The zero-order valence-electron chi connectivity index (χ0n) is 19.0. The van der Waals surface area contributed by atoms with Crippen LogP contribution >= 0.6 is 0 Å². The number of anilines is 1. The zero-order chi connectivity index (χ0) is 22.5. The first-order valence-electron chi connectivity index (χ1n) is 11.4. The number of piperidine rings is 1. The van der Waals surface area contributed by atoms with Gasteiger partial charge in [-0.05, 0) is 81.7 Å². The van der Waals surface area contributed by atoms with Crippen molar-refractivity contribution < 1.29 is 14.3 Å². The van der Waals surface area contributed by atoms with E-state index >= 15 is 0 Å². The van der Waals surface area contributed by atoms with E-state index in [-0.39, 0.29) is 22.5 Å². The van der Waals surface area contributed by atoms with Crippen LogP contribution in [0, 0.1) is 0 Å². The molecule has 6 heteroatoms. The van der Waals surface area contributed by atoms with Crippen LogP contribution in [0.3, 0.4) is 0 Å². The van der Waals surface area contributed by atoms with E-state index in [1.165, 1.54) is 64.6 Å². The lowest BCUT2D eigenvalue weighted by atomic mass is 10.1. The first-order valence-corrected chi connectivity index (χ1v) is 11.4. The number of unbranched alkanes of at least 4 members (excludes halogenated alkanes) is 1. The average molecular weight is 437 g/mol. The number of hydrogen-bond acceptors (Lipinski definition) is 6. The molecule has 2 aromatic carbocycles. The van der Waals surface area contributed by atoms with Crippen LogP contribution in [0.25, 0.3) is 22.3 Å².